The van der Waals surface area contributed by atoms with Crippen LogP contribution in [0.25, 0.3) is 0 Å². The number of furan rings is 1. The number of phenolic OH excluding ortho intramolecular Hbond substituents is 1. The zero-order chi connectivity index (χ0) is 21.5. The Balaban J connectivity index is 1.62. The van der Waals surface area contributed by atoms with Crippen LogP contribution in [0.2, 0.25) is 0 Å². The van der Waals surface area contributed by atoms with E-state index in [0.29, 0.717) is 5.76 Å². The number of nitrogens with zero attached hydrogens (tertiary/aromatic N) is 3. The summed E-state index contributed by atoms with van der Waals surface area (Å²) < 4.78 is 36.9. The van der Waals surface area contributed by atoms with Gasteiger partial charge < -0.3 is 25.1 Å². The number of hydrogen-bond acceptors (Lipinski definition) is 7. The van der Waals surface area contributed by atoms with Crippen molar-refractivity contribution in [1.29, 1.82) is 0 Å². The van der Waals surface area contributed by atoms with Crippen LogP contribution in [0.4, 0.5) is 5.69 Å². The molecule has 1 amide bonds. The summed E-state index contributed by atoms with van der Waals surface area (Å²) in [7, 11) is -0.941. The molecule has 1 aromatic heterocycles. The van der Waals surface area contributed by atoms with E-state index in [1.165, 1.54) is 17.0 Å². The van der Waals surface area contributed by atoms with Crippen molar-refractivity contribution in [3.05, 3.63) is 47.9 Å². The molecular formula is C19H21N5O5S. The molecule has 0 saturated heterocycles. The van der Waals surface area contributed by atoms with Crippen molar-refractivity contribution in [2.75, 3.05) is 19.4 Å². The zero-order valence-corrected chi connectivity index (χ0v) is 17.2. The number of phenols is 1. The summed E-state index contributed by atoms with van der Waals surface area (Å²) in [6.07, 6.45) is 3.51. The molecule has 0 spiro atoms. The fraction of sp³-hybridized carbons (Fsp3) is 0.316. The number of nitrogens with one attached hydrogen (secondary N) is 2. The molecular weight excluding hydrogens is 410 g/mol. The molecule has 0 unspecified atom stereocenters. The molecule has 1 aliphatic carbocycles. The lowest BCUT2D eigenvalue weighted by molar-refractivity contribution is 0.0824. The van der Waals surface area contributed by atoms with Gasteiger partial charge in [-0.05, 0) is 43.0 Å². The van der Waals surface area contributed by atoms with Crippen molar-refractivity contribution < 1.29 is 22.7 Å². The first-order valence-electron chi connectivity index (χ1n) is 9.31. The van der Waals surface area contributed by atoms with E-state index in [2.05, 4.69) is 19.4 Å². The van der Waals surface area contributed by atoms with E-state index in [-0.39, 0.29) is 40.6 Å². The van der Waals surface area contributed by atoms with Crippen LogP contribution in [-0.4, -0.2) is 50.1 Å². The molecule has 2 heterocycles. The van der Waals surface area contributed by atoms with Gasteiger partial charge in [0, 0.05) is 14.1 Å². The number of rotatable bonds is 5. The van der Waals surface area contributed by atoms with E-state index in [1.54, 1.807) is 32.5 Å². The largest absolute Gasteiger partial charge is 0.505 e. The molecule has 30 heavy (non-hydrogen) atoms. The SMILES string of the molecule is CN(C)C(=O)c1cccc(NC2=NS(=O)(=O)N=C2N[C@@H](c2ccco2)C2CC2)c1O. The van der Waals surface area contributed by atoms with E-state index >= 15 is 0 Å². The highest BCUT2D eigenvalue weighted by Crippen LogP contribution is 2.41. The molecule has 4 rings (SSSR count). The van der Waals surface area contributed by atoms with E-state index < -0.39 is 16.1 Å². The van der Waals surface area contributed by atoms with E-state index in [0.717, 1.165) is 12.8 Å². The van der Waals surface area contributed by atoms with E-state index in [9.17, 15) is 18.3 Å². The molecule has 1 aromatic carbocycles. The Labute approximate surface area is 173 Å². The molecule has 10 nitrogen and oxygen atoms in total. The second-order valence-corrected chi connectivity index (χ2v) is 8.59. The fourth-order valence-corrected chi connectivity index (χ4v) is 3.94. The smallest absolute Gasteiger partial charge is 0.367 e. The molecule has 158 valence electrons. The van der Waals surface area contributed by atoms with Gasteiger partial charge in [-0.1, -0.05) is 6.07 Å². The number of benzene rings is 1. The van der Waals surface area contributed by atoms with Gasteiger partial charge >= 0.3 is 10.2 Å². The molecule has 1 fully saturated rings. The summed E-state index contributed by atoms with van der Waals surface area (Å²) in [5.41, 5.74) is 0.207. The number of para-hydroxylation sites is 1. The van der Waals surface area contributed by atoms with Crippen molar-refractivity contribution in [2.24, 2.45) is 14.7 Å². The second-order valence-electron chi connectivity index (χ2n) is 7.33. The minimum absolute atomic E-state index is 0.0204. The van der Waals surface area contributed by atoms with Crippen LogP contribution < -0.4 is 10.6 Å². The zero-order valence-electron chi connectivity index (χ0n) is 16.4. The summed E-state index contributed by atoms with van der Waals surface area (Å²) in [6.45, 7) is 0. The van der Waals surface area contributed by atoms with Crippen LogP contribution >= 0.6 is 0 Å². The summed E-state index contributed by atoms with van der Waals surface area (Å²) >= 11 is 0. The van der Waals surface area contributed by atoms with E-state index in [1.807, 2.05) is 6.07 Å². The summed E-state index contributed by atoms with van der Waals surface area (Å²) in [6, 6.07) is 7.88. The van der Waals surface area contributed by atoms with Crippen molar-refractivity contribution in [3.63, 3.8) is 0 Å². The van der Waals surface area contributed by atoms with Crippen LogP contribution in [0.5, 0.6) is 5.75 Å². The summed E-state index contributed by atoms with van der Waals surface area (Å²) in [5, 5.41) is 16.4. The Morgan fingerprint density at radius 1 is 1.20 bits per heavy atom. The van der Waals surface area contributed by atoms with Gasteiger partial charge in [0.05, 0.1) is 23.6 Å². The van der Waals surface area contributed by atoms with Gasteiger partial charge in [0.1, 0.15) is 5.76 Å². The molecule has 2 aliphatic rings. The normalized spacial score (nSPS) is 18.3. The number of anilines is 1. The first-order valence-corrected chi connectivity index (χ1v) is 10.7. The Morgan fingerprint density at radius 3 is 2.57 bits per heavy atom. The minimum atomic E-state index is -4.07. The van der Waals surface area contributed by atoms with Gasteiger partial charge in [0.25, 0.3) is 5.91 Å². The van der Waals surface area contributed by atoms with Crippen molar-refractivity contribution >= 4 is 33.5 Å². The summed E-state index contributed by atoms with van der Waals surface area (Å²) in [5.74, 6) is 0.204. The number of amidine groups is 2. The Kier molecular flexibility index (Phi) is 4.98. The average Bonchev–Trinajstić information content (AvgIpc) is 3.29. The Morgan fingerprint density at radius 2 is 1.93 bits per heavy atom. The molecule has 0 bridgehead atoms. The monoisotopic (exact) mass is 431 g/mol. The summed E-state index contributed by atoms with van der Waals surface area (Å²) in [4.78, 5) is 13.6. The highest BCUT2D eigenvalue weighted by atomic mass is 32.2. The Bertz CT molecular complexity index is 1130. The molecule has 1 atom stereocenters. The van der Waals surface area contributed by atoms with Gasteiger partial charge in [0.2, 0.25) is 0 Å². The first kappa shape index (κ1) is 20.0. The maximum Gasteiger partial charge on any atom is 0.367 e. The predicted octanol–water partition coefficient (Wildman–Crippen LogP) is 1.90. The van der Waals surface area contributed by atoms with Crippen LogP contribution in [0.1, 0.15) is 35.0 Å². The third-order valence-corrected chi connectivity index (χ3v) is 5.63. The van der Waals surface area contributed by atoms with Crippen LogP contribution in [-0.2, 0) is 10.2 Å². The lowest BCUT2D eigenvalue weighted by atomic mass is 10.1. The molecule has 1 aliphatic heterocycles. The van der Waals surface area contributed by atoms with Gasteiger partial charge in [-0.25, -0.2) is 0 Å². The maximum atomic E-state index is 12.2. The van der Waals surface area contributed by atoms with Crippen LogP contribution in [0.15, 0.2) is 49.8 Å². The van der Waals surface area contributed by atoms with Crippen molar-refractivity contribution in [3.8, 4) is 5.75 Å². The highest BCUT2D eigenvalue weighted by molar-refractivity contribution is 7.89. The average molecular weight is 431 g/mol. The second kappa shape index (κ2) is 7.48. The number of carbonyl (C=O) groups is 1. The molecule has 0 radical (unpaired) electrons. The van der Waals surface area contributed by atoms with Crippen molar-refractivity contribution in [1.82, 2.24) is 10.2 Å². The topological polar surface area (TPSA) is 137 Å². The lowest BCUT2D eigenvalue weighted by Gasteiger charge is -2.19. The number of carbonyl (C=O) groups excluding carboxylic acids is 1. The van der Waals surface area contributed by atoms with Gasteiger partial charge in [-0.15, -0.1) is 8.80 Å². The van der Waals surface area contributed by atoms with Crippen LogP contribution in [0.3, 0.4) is 0 Å². The molecule has 1 saturated carbocycles. The van der Waals surface area contributed by atoms with E-state index in [4.69, 9.17) is 4.42 Å². The maximum absolute atomic E-state index is 12.2. The number of amides is 1. The van der Waals surface area contributed by atoms with Crippen molar-refractivity contribution in [2.45, 2.75) is 18.9 Å². The van der Waals surface area contributed by atoms with Gasteiger partial charge in [-0.3, -0.25) is 4.79 Å². The third kappa shape index (κ3) is 4.01. The third-order valence-electron chi connectivity index (χ3n) is 4.80. The molecule has 11 heteroatoms. The quantitative estimate of drug-likeness (QED) is 0.615. The highest BCUT2D eigenvalue weighted by Gasteiger charge is 2.37. The lowest BCUT2D eigenvalue weighted by Crippen LogP contribution is -2.37. The minimum Gasteiger partial charge on any atom is -0.505 e. The standard InChI is InChI=1S/C19H21N5O5S/c1-24(2)19(26)12-5-3-6-13(16(12)25)20-17-18(23-30(27,28)22-17)21-15(11-8-9-11)14-7-4-10-29-14/h3-7,10-11,15,25H,8-9H2,1-2H3,(H,20,22)(H,21,23)/t15-/m1/s1. The molecule has 2 aromatic rings. The number of hydrogen-bond donors (Lipinski definition) is 3. The molecule has 3 N–H and O–H groups in total. The van der Waals surface area contributed by atoms with Gasteiger partial charge in [-0.2, -0.15) is 8.42 Å². The predicted molar refractivity (Wildman–Crippen MR) is 111 cm³/mol. The number of aromatic hydroxyl groups is 1. The fourth-order valence-electron chi connectivity index (χ4n) is 3.17. The first-order chi connectivity index (χ1) is 14.2. The Hall–Kier alpha value is -3.34. The van der Waals surface area contributed by atoms with Crippen LogP contribution in [0, 0.1) is 5.92 Å². The van der Waals surface area contributed by atoms with Gasteiger partial charge in [0.15, 0.2) is 17.4 Å².